The maximum atomic E-state index is 11.5. The summed E-state index contributed by atoms with van der Waals surface area (Å²) in [6.45, 7) is 3.32. The van der Waals surface area contributed by atoms with E-state index >= 15 is 0 Å². The predicted octanol–water partition coefficient (Wildman–Crippen LogP) is -1.88. The van der Waals surface area contributed by atoms with Crippen molar-refractivity contribution in [2.45, 2.75) is 32.4 Å². The molecule has 2 atom stereocenters. The molecule has 4 amide bonds. The van der Waals surface area contributed by atoms with Gasteiger partial charge in [-0.25, -0.2) is 9.59 Å². The fraction of sp³-hybridized carbons (Fsp3) is 0.600. The molecule has 0 aromatic rings. The van der Waals surface area contributed by atoms with E-state index in [4.69, 9.17) is 16.6 Å². The van der Waals surface area contributed by atoms with Gasteiger partial charge in [-0.15, -0.1) is 0 Å². The first-order valence-corrected chi connectivity index (χ1v) is 5.52. The molecule has 0 radical (unpaired) electrons. The van der Waals surface area contributed by atoms with Crippen molar-refractivity contribution < 1.29 is 24.3 Å². The molecule has 0 aliphatic heterocycles. The summed E-state index contributed by atoms with van der Waals surface area (Å²) in [5.74, 6) is -3.29. The molecule has 0 aliphatic rings. The van der Waals surface area contributed by atoms with Crippen LogP contribution in [0.3, 0.4) is 0 Å². The summed E-state index contributed by atoms with van der Waals surface area (Å²) >= 11 is 0. The summed E-state index contributed by atoms with van der Waals surface area (Å²) in [5.41, 5.74) is 9.94. The zero-order valence-corrected chi connectivity index (χ0v) is 10.7. The van der Waals surface area contributed by atoms with Crippen LogP contribution in [-0.4, -0.2) is 41.0 Å². The van der Waals surface area contributed by atoms with Crippen molar-refractivity contribution in [2.24, 2.45) is 17.4 Å². The highest BCUT2D eigenvalue weighted by Gasteiger charge is 2.26. The number of rotatable bonds is 7. The molecular weight excluding hydrogens is 256 g/mol. The number of urea groups is 1. The molecule has 0 spiro atoms. The van der Waals surface area contributed by atoms with Gasteiger partial charge in [0, 0.05) is 0 Å². The van der Waals surface area contributed by atoms with Crippen LogP contribution in [0.25, 0.3) is 0 Å². The maximum absolute atomic E-state index is 11.5. The Morgan fingerprint density at radius 1 is 1.11 bits per heavy atom. The topological polar surface area (TPSA) is 165 Å². The molecule has 0 rings (SSSR count). The van der Waals surface area contributed by atoms with Crippen LogP contribution in [0.15, 0.2) is 0 Å². The molecule has 7 N–H and O–H groups in total. The number of carbonyl (C=O) groups is 4. The number of carbonyl (C=O) groups excluding carboxylic acids is 3. The van der Waals surface area contributed by atoms with Crippen LogP contribution in [0.1, 0.15) is 20.3 Å². The molecular formula is C10H18N4O5. The Kier molecular flexibility index (Phi) is 6.31. The highest BCUT2D eigenvalue weighted by Crippen LogP contribution is 2.01. The maximum Gasteiger partial charge on any atom is 0.326 e. The van der Waals surface area contributed by atoms with Crippen LogP contribution in [0, 0.1) is 5.92 Å². The summed E-state index contributed by atoms with van der Waals surface area (Å²) in [5, 5.41) is 13.0. The van der Waals surface area contributed by atoms with Gasteiger partial charge in [0.25, 0.3) is 0 Å². The standard InChI is InChI=1S/C10H18N4O5/c1-4(2)7(8(12)16)14-10(19)13-5(9(17)18)3-6(11)15/h4-5,7H,3H2,1-2H3,(H2,11,15)(H2,12,16)(H,17,18)(H2,13,14,19)/t5-,7?/m0/s1. The second-order valence-corrected chi connectivity index (χ2v) is 4.30. The molecule has 0 heterocycles. The minimum Gasteiger partial charge on any atom is -0.480 e. The Hall–Kier alpha value is -2.32. The van der Waals surface area contributed by atoms with Crippen LogP contribution in [-0.2, 0) is 14.4 Å². The largest absolute Gasteiger partial charge is 0.480 e. The molecule has 0 bridgehead atoms. The number of carboxylic acids is 1. The van der Waals surface area contributed by atoms with E-state index in [2.05, 4.69) is 5.32 Å². The van der Waals surface area contributed by atoms with E-state index in [1.54, 1.807) is 13.8 Å². The average molecular weight is 274 g/mol. The van der Waals surface area contributed by atoms with Gasteiger partial charge in [-0.1, -0.05) is 13.8 Å². The zero-order chi connectivity index (χ0) is 15.2. The third-order valence-corrected chi connectivity index (χ3v) is 2.27. The lowest BCUT2D eigenvalue weighted by atomic mass is 10.0. The van der Waals surface area contributed by atoms with Crippen molar-refractivity contribution in [3.05, 3.63) is 0 Å². The third-order valence-electron chi connectivity index (χ3n) is 2.27. The van der Waals surface area contributed by atoms with E-state index in [9.17, 15) is 19.2 Å². The lowest BCUT2D eigenvalue weighted by molar-refractivity contribution is -0.140. The average Bonchev–Trinajstić information content (AvgIpc) is 2.23. The Morgan fingerprint density at radius 2 is 1.63 bits per heavy atom. The van der Waals surface area contributed by atoms with E-state index in [0.717, 1.165) is 0 Å². The number of nitrogens with one attached hydrogen (secondary N) is 2. The molecule has 0 saturated heterocycles. The SMILES string of the molecule is CC(C)C(NC(=O)N[C@@H](CC(N)=O)C(=O)O)C(N)=O. The quantitative estimate of drug-likeness (QED) is 0.366. The van der Waals surface area contributed by atoms with Gasteiger partial charge in [0.15, 0.2) is 0 Å². The zero-order valence-electron chi connectivity index (χ0n) is 10.7. The molecule has 9 nitrogen and oxygen atoms in total. The van der Waals surface area contributed by atoms with Crippen LogP contribution in [0.5, 0.6) is 0 Å². The number of nitrogens with two attached hydrogens (primary N) is 2. The predicted molar refractivity (Wildman–Crippen MR) is 64.7 cm³/mol. The molecule has 0 fully saturated rings. The number of amides is 4. The van der Waals surface area contributed by atoms with Crippen LogP contribution in [0.4, 0.5) is 4.79 Å². The van der Waals surface area contributed by atoms with Gasteiger partial charge < -0.3 is 27.2 Å². The van der Waals surface area contributed by atoms with Crippen molar-refractivity contribution >= 4 is 23.8 Å². The number of hydrogen-bond acceptors (Lipinski definition) is 4. The molecule has 19 heavy (non-hydrogen) atoms. The van der Waals surface area contributed by atoms with Crippen molar-refractivity contribution in [3.63, 3.8) is 0 Å². The minimum absolute atomic E-state index is 0.261. The number of primary amides is 2. The minimum atomic E-state index is -1.46. The number of aliphatic carboxylic acids is 1. The highest BCUT2D eigenvalue weighted by molar-refractivity contribution is 5.90. The van der Waals surface area contributed by atoms with Gasteiger partial charge in [0.1, 0.15) is 12.1 Å². The van der Waals surface area contributed by atoms with E-state index in [-0.39, 0.29) is 5.92 Å². The van der Waals surface area contributed by atoms with E-state index in [0.29, 0.717) is 0 Å². The molecule has 0 saturated carbocycles. The normalized spacial score (nSPS) is 13.4. The lowest BCUT2D eigenvalue weighted by Crippen LogP contribution is -2.54. The van der Waals surface area contributed by atoms with Crippen molar-refractivity contribution in [1.82, 2.24) is 10.6 Å². The monoisotopic (exact) mass is 274 g/mol. The third kappa shape index (κ3) is 6.24. The summed E-state index contributed by atoms with van der Waals surface area (Å²) in [4.78, 5) is 44.0. The van der Waals surface area contributed by atoms with Crippen molar-refractivity contribution in [3.8, 4) is 0 Å². The van der Waals surface area contributed by atoms with E-state index < -0.39 is 42.3 Å². The van der Waals surface area contributed by atoms with Gasteiger partial charge >= 0.3 is 12.0 Å². The first kappa shape index (κ1) is 16.7. The second kappa shape index (κ2) is 7.19. The molecule has 1 unspecified atom stereocenters. The van der Waals surface area contributed by atoms with Crippen molar-refractivity contribution in [1.29, 1.82) is 0 Å². The first-order chi connectivity index (χ1) is 8.65. The summed E-state index contributed by atoms with van der Waals surface area (Å²) in [6, 6.07) is -3.31. The molecule has 108 valence electrons. The van der Waals surface area contributed by atoms with Gasteiger partial charge in [0.05, 0.1) is 6.42 Å². The Labute approximate surface area is 109 Å². The van der Waals surface area contributed by atoms with Crippen LogP contribution < -0.4 is 22.1 Å². The summed E-state index contributed by atoms with van der Waals surface area (Å²) in [7, 11) is 0. The lowest BCUT2D eigenvalue weighted by Gasteiger charge is -2.20. The number of hydrogen-bond donors (Lipinski definition) is 5. The highest BCUT2D eigenvalue weighted by atomic mass is 16.4. The molecule has 0 aromatic heterocycles. The van der Waals surface area contributed by atoms with E-state index in [1.165, 1.54) is 0 Å². The van der Waals surface area contributed by atoms with E-state index in [1.807, 2.05) is 5.32 Å². The fourth-order valence-electron chi connectivity index (χ4n) is 1.31. The van der Waals surface area contributed by atoms with Gasteiger partial charge in [-0.3, -0.25) is 9.59 Å². The van der Waals surface area contributed by atoms with Gasteiger partial charge in [-0.05, 0) is 5.92 Å². The molecule has 9 heteroatoms. The fourth-order valence-corrected chi connectivity index (χ4v) is 1.31. The molecule has 0 aliphatic carbocycles. The Morgan fingerprint density at radius 3 is 1.95 bits per heavy atom. The van der Waals surface area contributed by atoms with Gasteiger partial charge in [0.2, 0.25) is 11.8 Å². The van der Waals surface area contributed by atoms with Crippen LogP contribution >= 0.6 is 0 Å². The van der Waals surface area contributed by atoms with Crippen molar-refractivity contribution in [2.75, 3.05) is 0 Å². The Bertz CT molecular complexity index is 382. The molecule has 0 aromatic carbocycles. The summed E-state index contributed by atoms with van der Waals surface area (Å²) < 4.78 is 0. The Balaban J connectivity index is 4.60. The first-order valence-electron chi connectivity index (χ1n) is 5.52. The second-order valence-electron chi connectivity index (χ2n) is 4.30. The smallest absolute Gasteiger partial charge is 0.326 e. The number of carboxylic acid groups (broad SMARTS) is 1. The summed E-state index contributed by atoms with van der Waals surface area (Å²) in [6.07, 6.45) is -0.550. The van der Waals surface area contributed by atoms with Crippen LogP contribution in [0.2, 0.25) is 0 Å². The van der Waals surface area contributed by atoms with Gasteiger partial charge in [-0.2, -0.15) is 0 Å².